The van der Waals surface area contributed by atoms with E-state index in [0.717, 1.165) is 89.9 Å². The number of ether oxygens (including phenoxy) is 3. The van der Waals surface area contributed by atoms with Crippen molar-refractivity contribution in [3.8, 4) is 0 Å². The predicted octanol–water partition coefficient (Wildman–Crippen LogP) is 12.8. The van der Waals surface area contributed by atoms with Gasteiger partial charge in [0.1, 0.15) is 12.6 Å². The molecule has 0 saturated carbocycles. The highest BCUT2D eigenvalue weighted by Crippen LogP contribution is 2.14. The first-order valence-electron chi connectivity index (χ1n) is 24.8. The molecule has 0 aromatic heterocycles. The third kappa shape index (κ3) is 42.1. The number of hydrogen-bond donors (Lipinski definition) is 0. The molecule has 0 heterocycles. The first kappa shape index (κ1) is 58.0. The fourth-order valence-corrected chi connectivity index (χ4v) is 6.99. The van der Waals surface area contributed by atoms with Gasteiger partial charge in [0, 0.05) is 19.3 Å². The molecule has 2 unspecified atom stereocenters. The molecule has 0 radical (unpaired) electrons. The Morgan fingerprint density at radius 1 is 0.492 bits per heavy atom. The van der Waals surface area contributed by atoms with E-state index >= 15 is 0 Å². The van der Waals surface area contributed by atoms with Crippen LogP contribution in [0.15, 0.2) is 60.8 Å². The van der Waals surface area contributed by atoms with Crippen molar-refractivity contribution in [3.63, 3.8) is 0 Å². The van der Waals surface area contributed by atoms with Crippen LogP contribution in [0.3, 0.4) is 0 Å². The van der Waals surface area contributed by atoms with E-state index in [-0.39, 0.29) is 42.7 Å². The van der Waals surface area contributed by atoms with Gasteiger partial charge < -0.3 is 28.6 Å². The summed E-state index contributed by atoms with van der Waals surface area (Å²) in [6.07, 6.45) is 53.8. The Bertz CT molecular complexity index is 1180. The highest BCUT2D eigenvalue weighted by Gasteiger charge is 2.25. The quantitative estimate of drug-likeness (QED) is 0.0260. The van der Waals surface area contributed by atoms with Gasteiger partial charge in [-0.25, -0.2) is 0 Å². The second-order valence-electron chi connectivity index (χ2n) is 17.7. The van der Waals surface area contributed by atoms with Gasteiger partial charge in [-0.15, -0.1) is 0 Å². The van der Waals surface area contributed by atoms with Crippen molar-refractivity contribution in [2.75, 3.05) is 41.0 Å². The summed E-state index contributed by atoms with van der Waals surface area (Å²) in [6.45, 7) is 4.61. The van der Waals surface area contributed by atoms with E-state index in [2.05, 4.69) is 74.6 Å². The minimum absolute atomic E-state index is 0.0296. The molecule has 0 fully saturated rings. The maximum atomic E-state index is 12.8. The molecule has 0 amide bonds. The number of nitrogens with zero attached hydrogens (tertiary/aromatic N) is 1. The third-order valence-electron chi connectivity index (χ3n) is 10.9. The molecule has 0 bridgehead atoms. The number of rotatable bonds is 44. The van der Waals surface area contributed by atoms with E-state index in [1.807, 2.05) is 0 Å². The second kappa shape index (κ2) is 43.7. The highest BCUT2D eigenvalue weighted by molar-refractivity contribution is 5.70. The van der Waals surface area contributed by atoms with Crippen LogP contribution in [0, 0.1) is 0 Å². The monoisotopic (exact) mass is 856 g/mol. The SMILES string of the molecule is CCCCC/C=C/C/C=C/C/C=C/C/C=C/CCCCCCCC(=O)OCC(COCCC(C(=O)[O-])[N+](C)(C)C)OC(=O)CCCCCCC/C=C/CCCCCCCCC. The molecule has 2 atom stereocenters. The Morgan fingerprint density at radius 2 is 0.869 bits per heavy atom. The Kier molecular flexibility index (Phi) is 41.5. The Morgan fingerprint density at radius 3 is 1.33 bits per heavy atom. The van der Waals surface area contributed by atoms with Crippen LogP contribution < -0.4 is 5.11 Å². The molecule has 0 spiro atoms. The standard InChI is InChI=1S/C53H93NO7/c1-6-8-10-12-14-16-18-20-22-24-25-26-27-28-30-31-33-35-37-39-41-43-51(55)60-48-49(47-59-46-45-50(53(57)58)54(3,4)5)61-52(56)44-42-40-38-36-34-32-29-23-21-19-17-15-13-11-9-7-2/h14,16,20,22-23,25-26,28-30,49-50H,6-13,15,17-19,21,24,27,31-48H2,1-5H3/b16-14+,22-20+,26-25+,29-23+,30-28+. The molecule has 0 rings (SSSR count). The van der Waals surface area contributed by atoms with Crippen molar-refractivity contribution in [1.29, 1.82) is 0 Å². The molecule has 0 aromatic carbocycles. The predicted molar refractivity (Wildman–Crippen MR) is 254 cm³/mol. The molecule has 0 saturated heterocycles. The van der Waals surface area contributed by atoms with E-state index in [4.69, 9.17) is 14.2 Å². The maximum Gasteiger partial charge on any atom is 0.306 e. The summed E-state index contributed by atoms with van der Waals surface area (Å²) in [6, 6.07) is -0.732. The van der Waals surface area contributed by atoms with Crippen LogP contribution in [0.2, 0.25) is 0 Å². The van der Waals surface area contributed by atoms with Crippen LogP contribution in [-0.2, 0) is 28.6 Å². The van der Waals surface area contributed by atoms with Gasteiger partial charge in [-0.2, -0.15) is 0 Å². The summed E-state index contributed by atoms with van der Waals surface area (Å²) in [5.41, 5.74) is 0. The van der Waals surface area contributed by atoms with Gasteiger partial charge in [0.2, 0.25) is 0 Å². The lowest BCUT2D eigenvalue weighted by atomic mass is 10.1. The summed E-state index contributed by atoms with van der Waals surface area (Å²) >= 11 is 0. The molecule has 0 aliphatic heterocycles. The normalized spacial score (nSPS) is 13.4. The molecule has 8 heteroatoms. The summed E-state index contributed by atoms with van der Waals surface area (Å²) in [7, 11) is 5.40. The maximum absolute atomic E-state index is 12.8. The highest BCUT2D eigenvalue weighted by atomic mass is 16.6. The van der Waals surface area contributed by atoms with Crippen molar-refractivity contribution in [3.05, 3.63) is 60.8 Å². The van der Waals surface area contributed by atoms with Gasteiger partial charge in [0.05, 0.1) is 40.3 Å². The number of quaternary nitrogens is 1. The topological polar surface area (TPSA) is 102 Å². The average Bonchev–Trinajstić information content (AvgIpc) is 3.22. The van der Waals surface area contributed by atoms with Crippen molar-refractivity contribution in [2.24, 2.45) is 0 Å². The van der Waals surface area contributed by atoms with Gasteiger partial charge in [-0.3, -0.25) is 9.59 Å². The van der Waals surface area contributed by atoms with E-state index in [1.54, 1.807) is 21.1 Å². The Balaban J connectivity index is 4.33. The first-order chi connectivity index (χ1) is 29.6. The minimum atomic E-state index is -1.13. The number of carboxylic acid groups (broad SMARTS) is 1. The second-order valence-corrected chi connectivity index (χ2v) is 17.7. The fourth-order valence-electron chi connectivity index (χ4n) is 6.99. The summed E-state index contributed by atoms with van der Waals surface area (Å²) in [4.78, 5) is 37.0. The summed E-state index contributed by atoms with van der Waals surface area (Å²) in [5.74, 6) is -1.77. The van der Waals surface area contributed by atoms with Gasteiger partial charge in [-0.05, 0) is 83.5 Å². The van der Waals surface area contributed by atoms with E-state index in [0.29, 0.717) is 12.8 Å². The summed E-state index contributed by atoms with van der Waals surface area (Å²) in [5, 5.41) is 11.6. The fraction of sp³-hybridized carbons (Fsp3) is 0.755. The minimum Gasteiger partial charge on any atom is -0.544 e. The van der Waals surface area contributed by atoms with Gasteiger partial charge in [0.15, 0.2) is 6.10 Å². The van der Waals surface area contributed by atoms with Gasteiger partial charge >= 0.3 is 11.9 Å². The molecule has 0 aromatic rings. The van der Waals surface area contributed by atoms with E-state index in [1.165, 1.54) is 83.5 Å². The molecule has 61 heavy (non-hydrogen) atoms. The molecule has 0 aliphatic carbocycles. The van der Waals surface area contributed by atoms with Crippen LogP contribution in [0.1, 0.15) is 206 Å². The number of carbonyl (C=O) groups is 3. The van der Waals surface area contributed by atoms with Crippen LogP contribution in [-0.4, -0.2) is 75.5 Å². The number of hydrogen-bond acceptors (Lipinski definition) is 7. The molecule has 0 N–H and O–H groups in total. The Labute approximate surface area is 375 Å². The molecular weight excluding hydrogens is 763 g/mol. The molecular formula is C53H93NO7. The van der Waals surface area contributed by atoms with Crippen LogP contribution in [0.5, 0.6) is 0 Å². The van der Waals surface area contributed by atoms with Crippen molar-refractivity contribution < 1.29 is 38.2 Å². The number of likely N-dealkylation sites (N-methyl/N-ethyl adjacent to an activating group) is 1. The lowest BCUT2D eigenvalue weighted by Crippen LogP contribution is -2.55. The molecule has 8 nitrogen and oxygen atoms in total. The zero-order valence-electron chi connectivity index (χ0n) is 40.1. The van der Waals surface area contributed by atoms with Gasteiger partial charge in [0.25, 0.3) is 0 Å². The first-order valence-corrected chi connectivity index (χ1v) is 24.8. The lowest BCUT2D eigenvalue weighted by molar-refractivity contribution is -0.889. The Hall–Kier alpha value is -2.97. The lowest BCUT2D eigenvalue weighted by Gasteiger charge is -2.34. The number of carbonyl (C=O) groups excluding carboxylic acids is 3. The molecule has 352 valence electrons. The third-order valence-corrected chi connectivity index (χ3v) is 10.9. The number of allylic oxidation sites excluding steroid dienone is 10. The van der Waals surface area contributed by atoms with Crippen LogP contribution >= 0.6 is 0 Å². The van der Waals surface area contributed by atoms with Crippen molar-refractivity contribution >= 4 is 17.9 Å². The van der Waals surface area contributed by atoms with Crippen molar-refractivity contribution in [1.82, 2.24) is 0 Å². The van der Waals surface area contributed by atoms with Crippen LogP contribution in [0.4, 0.5) is 0 Å². The average molecular weight is 856 g/mol. The van der Waals surface area contributed by atoms with Crippen molar-refractivity contribution in [2.45, 2.75) is 219 Å². The zero-order chi connectivity index (χ0) is 44.9. The molecule has 0 aliphatic rings. The van der Waals surface area contributed by atoms with E-state index in [9.17, 15) is 19.5 Å². The van der Waals surface area contributed by atoms with Gasteiger partial charge in [-0.1, -0.05) is 164 Å². The van der Waals surface area contributed by atoms with E-state index < -0.39 is 18.1 Å². The number of aliphatic carboxylic acids is 1. The largest absolute Gasteiger partial charge is 0.544 e. The van der Waals surface area contributed by atoms with Crippen LogP contribution in [0.25, 0.3) is 0 Å². The smallest absolute Gasteiger partial charge is 0.306 e. The zero-order valence-corrected chi connectivity index (χ0v) is 40.1. The number of unbranched alkanes of at least 4 members (excludes halogenated alkanes) is 20. The number of esters is 2. The number of carboxylic acids is 1. The summed E-state index contributed by atoms with van der Waals surface area (Å²) < 4.78 is 17.2.